The largest absolute Gasteiger partial charge is 0.416 e. The highest BCUT2D eigenvalue weighted by Gasteiger charge is 2.40. The standard InChI is InChI=1S/C15H19F3N2O2/c1-20(7-12(21)15(16,17)18)14(22)10-6-11(8-2-3-8)19-13(10)9-4-5-9/h6,8-9,12,19,21H,2-5,7H2,1H3. The second kappa shape index (κ2) is 5.30. The van der Waals surface area contributed by atoms with Gasteiger partial charge >= 0.3 is 6.18 Å². The Kier molecular flexibility index (Phi) is 3.71. The van der Waals surface area contributed by atoms with E-state index in [-0.39, 0.29) is 0 Å². The monoisotopic (exact) mass is 316 g/mol. The van der Waals surface area contributed by atoms with Gasteiger partial charge in [0.1, 0.15) is 0 Å². The lowest BCUT2D eigenvalue weighted by molar-refractivity contribution is -0.205. The fourth-order valence-corrected chi connectivity index (χ4v) is 2.63. The first kappa shape index (κ1) is 15.4. The Bertz CT molecular complexity index is 574. The minimum absolute atomic E-state index is 0.312. The highest BCUT2D eigenvalue weighted by Crippen LogP contribution is 2.45. The van der Waals surface area contributed by atoms with Crippen LogP contribution in [0.15, 0.2) is 6.07 Å². The van der Waals surface area contributed by atoms with Crippen LogP contribution in [0, 0.1) is 0 Å². The van der Waals surface area contributed by atoms with Crippen molar-refractivity contribution in [3.8, 4) is 0 Å². The van der Waals surface area contributed by atoms with Crippen LogP contribution in [0.25, 0.3) is 0 Å². The molecule has 3 rings (SSSR count). The van der Waals surface area contributed by atoms with Crippen LogP contribution in [-0.2, 0) is 0 Å². The average Bonchev–Trinajstić information content (AvgIpc) is 3.34. The zero-order chi connectivity index (χ0) is 16.1. The van der Waals surface area contributed by atoms with Gasteiger partial charge in [-0.05, 0) is 43.6 Å². The molecule has 4 nitrogen and oxygen atoms in total. The lowest BCUT2D eigenvalue weighted by Crippen LogP contribution is -2.41. The molecule has 0 aromatic carbocycles. The molecule has 0 radical (unpaired) electrons. The average molecular weight is 316 g/mol. The second-order valence-electron chi connectivity index (χ2n) is 6.34. The Morgan fingerprint density at radius 3 is 2.45 bits per heavy atom. The zero-order valence-electron chi connectivity index (χ0n) is 12.3. The lowest BCUT2D eigenvalue weighted by atomic mass is 10.1. The molecule has 0 bridgehead atoms. The van der Waals surface area contributed by atoms with Crippen LogP contribution in [-0.4, -0.2) is 46.8 Å². The number of aliphatic hydroxyl groups is 1. The smallest absolute Gasteiger partial charge is 0.382 e. The van der Waals surface area contributed by atoms with Gasteiger partial charge in [-0.3, -0.25) is 4.79 Å². The minimum atomic E-state index is -4.72. The molecule has 2 aliphatic carbocycles. The van der Waals surface area contributed by atoms with E-state index in [0.29, 0.717) is 17.4 Å². The van der Waals surface area contributed by atoms with Crippen LogP contribution in [0.2, 0.25) is 0 Å². The number of halogens is 3. The van der Waals surface area contributed by atoms with Gasteiger partial charge in [0.05, 0.1) is 12.1 Å². The van der Waals surface area contributed by atoms with Crippen molar-refractivity contribution in [2.24, 2.45) is 0 Å². The summed E-state index contributed by atoms with van der Waals surface area (Å²) in [6.07, 6.45) is -3.07. The number of hydrogen-bond donors (Lipinski definition) is 2. The van der Waals surface area contributed by atoms with Crippen molar-refractivity contribution < 1.29 is 23.1 Å². The number of rotatable bonds is 5. The molecule has 1 atom stereocenters. The molecule has 7 heteroatoms. The van der Waals surface area contributed by atoms with E-state index in [2.05, 4.69) is 4.98 Å². The molecular weight excluding hydrogens is 297 g/mol. The molecule has 0 aliphatic heterocycles. The van der Waals surface area contributed by atoms with E-state index in [4.69, 9.17) is 5.11 Å². The van der Waals surface area contributed by atoms with Crippen LogP contribution in [0.5, 0.6) is 0 Å². The summed E-state index contributed by atoms with van der Waals surface area (Å²) >= 11 is 0. The van der Waals surface area contributed by atoms with Crippen molar-refractivity contribution in [1.82, 2.24) is 9.88 Å². The Morgan fingerprint density at radius 2 is 1.95 bits per heavy atom. The van der Waals surface area contributed by atoms with Crippen LogP contribution in [0.1, 0.15) is 59.3 Å². The van der Waals surface area contributed by atoms with Crippen molar-refractivity contribution >= 4 is 5.91 Å². The van der Waals surface area contributed by atoms with Crippen LogP contribution in [0.4, 0.5) is 13.2 Å². The summed E-state index contributed by atoms with van der Waals surface area (Å²) in [4.78, 5) is 16.7. The van der Waals surface area contributed by atoms with E-state index in [1.54, 1.807) is 6.07 Å². The maximum atomic E-state index is 12.4. The van der Waals surface area contributed by atoms with Crippen LogP contribution < -0.4 is 0 Å². The third kappa shape index (κ3) is 3.14. The Hall–Kier alpha value is -1.50. The van der Waals surface area contributed by atoms with E-state index in [0.717, 1.165) is 42.0 Å². The van der Waals surface area contributed by atoms with Gasteiger partial charge in [0.2, 0.25) is 0 Å². The third-order valence-corrected chi connectivity index (χ3v) is 4.27. The van der Waals surface area contributed by atoms with Gasteiger partial charge in [-0.25, -0.2) is 0 Å². The van der Waals surface area contributed by atoms with E-state index in [9.17, 15) is 18.0 Å². The van der Waals surface area contributed by atoms with Gasteiger partial charge in [0, 0.05) is 18.4 Å². The molecule has 0 saturated heterocycles. The molecule has 2 N–H and O–H groups in total. The summed E-state index contributed by atoms with van der Waals surface area (Å²) in [6, 6.07) is 1.78. The number of amides is 1. The highest BCUT2D eigenvalue weighted by atomic mass is 19.4. The molecule has 2 fully saturated rings. The molecule has 1 aromatic rings. The van der Waals surface area contributed by atoms with Crippen molar-refractivity contribution in [3.63, 3.8) is 0 Å². The normalized spacial score (nSPS) is 20.0. The first-order valence-electron chi connectivity index (χ1n) is 7.50. The number of H-pyrrole nitrogens is 1. The Morgan fingerprint density at radius 1 is 1.36 bits per heavy atom. The predicted molar refractivity (Wildman–Crippen MR) is 73.8 cm³/mol. The molecule has 1 heterocycles. The van der Waals surface area contributed by atoms with Crippen molar-refractivity contribution in [1.29, 1.82) is 0 Å². The second-order valence-corrected chi connectivity index (χ2v) is 6.34. The number of nitrogens with zero attached hydrogens (tertiary/aromatic N) is 1. The van der Waals surface area contributed by atoms with Crippen molar-refractivity contribution in [2.75, 3.05) is 13.6 Å². The molecule has 1 aromatic heterocycles. The van der Waals surface area contributed by atoms with Gasteiger partial charge in [0.15, 0.2) is 6.10 Å². The maximum absolute atomic E-state index is 12.4. The van der Waals surface area contributed by atoms with Gasteiger partial charge in [-0.1, -0.05) is 0 Å². The number of nitrogens with one attached hydrogen (secondary N) is 1. The topological polar surface area (TPSA) is 56.3 Å². The van der Waals surface area contributed by atoms with Gasteiger partial charge in [-0.15, -0.1) is 0 Å². The maximum Gasteiger partial charge on any atom is 0.416 e. The lowest BCUT2D eigenvalue weighted by Gasteiger charge is -2.22. The Labute approximate surface area is 126 Å². The van der Waals surface area contributed by atoms with Crippen molar-refractivity contribution in [3.05, 3.63) is 23.0 Å². The number of carbonyl (C=O) groups excluding carboxylic acids is 1. The number of aliphatic hydroxyl groups excluding tert-OH is 1. The van der Waals surface area contributed by atoms with Crippen molar-refractivity contribution in [2.45, 2.75) is 49.8 Å². The summed E-state index contributed by atoms with van der Waals surface area (Å²) < 4.78 is 37.3. The number of alkyl halides is 3. The van der Waals surface area contributed by atoms with E-state index in [1.165, 1.54) is 7.05 Å². The van der Waals surface area contributed by atoms with E-state index in [1.807, 2.05) is 0 Å². The number of aromatic nitrogens is 1. The summed E-state index contributed by atoms with van der Waals surface area (Å²) in [5.41, 5.74) is 2.32. The fourth-order valence-electron chi connectivity index (χ4n) is 2.63. The quantitative estimate of drug-likeness (QED) is 0.877. The molecule has 22 heavy (non-hydrogen) atoms. The number of likely N-dealkylation sites (N-methyl/N-ethyl adjacent to an activating group) is 1. The summed E-state index contributed by atoms with van der Waals surface area (Å²) in [6.45, 7) is -0.754. The van der Waals surface area contributed by atoms with Gasteiger partial charge in [-0.2, -0.15) is 13.2 Å². The van der Waals surface area contributed by atoms with Gasteiger partial charge in [0.25, 0.3) is 5.91 Å². The molecule has 122 valence electrons. The van der Waals surface area contributed by atoms with E-state index < -0.39 is 24.7 Å². The molecule has 2 saturated carbocycles. The molecular formula is C15H19F3N2O2. The predicted octanol–water partition coefficient (Wildman–Crippen LogP) is 2.76. The SMILES string of the molecule is CN(CC(O)C(F)(F)F)C(=O)c1cc(C2CC2)[nH]c1C1CC1. The number of carbonyl (C=O) groups is 1. The summed E-state index contributed by atoms with van der Waals surface area (Å²) in [5, 5.41) is 9.12. The van der Waals surface area contributed by atoms with Crippen LogP contribution in [0.3, 0.4) is 0 Å². The molecule has 0 spiro atoms. The van der Waals surface area contributed by atoms with Crippen LogP contribution >= 0.6 is 0 Å². The first-order chi connectivity index (χ1) is 10.3. The van der Waals surface area contributed by atoms with E-state index >= 15 is 0 Å². The molecule has 1 amide bonds. The summed E-state index contributed by atoms with van der Waals surface area (Å²) in [5.74, 6) is 0.297. The number of aromatic amines is 1. The molecule has 2 aliphatic rings. The first-order valence-corrected chi connectivity index (χ1v) is 7.50. The fraction of sp³-hybridized carbons (Fsp3) is 0.667. The highest BCUT2D eigenvalue weighted by molar-refractivity contribution is 5.96. The van der Waals surface area contributed by atoms with Gasteiger partial charge < -0.3 is 15.0 Å². The minimum Gasteiger partial charge on any atom is -0.382 e. The Balaban J connectivity index is 1.76. The third-order valence-electron chi connectivity index (χ3n) is 4.27. The summed E-state index contributed by atoms with van der Waals surface area (Å²) in [7, 11) is 1.29. The number of hydrogen-bond acceptors (Lipinski definition) is 2. The zero-order valence-corrected chi connectivity index (χ0v) is 12.3. The molecule has 1 unspecified atom stereocenters.